The molecule has 2 unspecified atom stereocenters. The Bertz CT molecular complexity index is 1370. The zero-order valence-corrected chi connectivity index (χ0v) is 29.1. The van der Waals surface area contributed by atoms with Crippen LogP contribution in [0.1, 0.15) is 6.42 Å². The maximum atomic E-state index is 4.48. The summed E-state index contributed by atoms with van der Waals surface area (Å²) in [5, 5.41) is 8.50. The van der Waals surface area contributed by atoms with Crippen molar-refractivity contribution >= 4 is 78.2 Å². The molecule has 0 fully saturated rings. The van der Waals surface area contributed by atoms with E-state index in [0.29, 0.717) is 0 Å². The van der Waals surface area contributed by atoms with E-state index in [-0.39, 0.29) is 9.14 Å². The summed E-state index contributed by atoms with van der Waals surface area (Å²) in [5.74, 6) is 0. The van der Waals surface area contributed by atoms with E-state index in [1.165, 1.54) is 31.8 Å². The predicted molar refractivity (Wildman–Crippen MR) is 203 cm³/mol. The van der Waals surface area contributed by atoms with Crippen LogP contribution in [0.3, 0.4) is 0 Å². The second kappa shape index (κ2) is 13.8. The summed E-state index contributed by atoms with van der Waals surface area (Å²) in [6.45, 7) is 0. The van der Waals surface area contributed by atoms with Crippen LogP contribution in [0, 0.1) is 0 Å². The third kappa shape index (κ3) is 5.72. The minimum absolute atomic E-state index is 0.208. The van der Waals surface area contributed by atoms with E-state index in [9.17, 15) is 0 Å². The molecule has 0 bridgehead atoms. The van der Waals surface area contributed by atoms with E-state index in [4.69, 9.17) is 0 Å². The molecule has 2 atom stereocenters. The number of hydrogen-bond donors (Lipinski definition) is 0. The van der Waals surface area contributed by atoms with Gasteiger partial charge < -0.3 is 0 Å². The summed E-state index contributed by atoms with van der Waals surface area (Å²) in [5.41, 5.74) is 0. The molecule has 216 valence electrons. The molecule has 0 saturated heterocycles. The second-order valence-corrected chi connectivity index (χ2v) is 23.0. The number of benzene rings is 6. The van der Waals surface area contributed by atoms with Crippen molar-refractivity contribution in [3.05, 3.63) is 182 Å². The van der Waals surface area contributed by atoms with Crippen LogP contribution in [-0.2, 0) is 0 Å². The Labute approximate surface area is 274 Å². The summed E-state index contributed by atoms with van der Waals surface area (Å²) in [4.78, 5) is 0. The zero-order chi connectivity index (χ0) is 29.5. The van der Waals surface area contributed by atoms with E-state index in [2.05, 4.69) is 214 Å². The van der Waals surface area contributed by atoms with Crippen LogP contribution in [0.15, 0.2) is 182 Å². The second-order valence-electron chi connectivity index (χ2n) is 11.0. The zero-order valence-electron chi connectivity index (χ0n) is 23.9. The van der Waals surface area contributed by atoms with Crippen LogP contribution in [0.5, 0.6) is 0 Å². The van der Waals surface area contributed by atoms with Gasteiger partial charge in [-0.25, -0.2) is 0 Å². The molecule has 6 rings (SSSR count). The summed E-state index contributed by atoms with van der Waals surface area (Å²) in [7, 11) is -5.13. The third-order valence-electron chi connectivity index (χ3n) is 8.73. The van der Waals surface area contributed by atoms with Crippen molar-refractivity contribution in [2.45, 2.75) is 15.6 Å². The van der Waals surface area contributed by atoms with Gasteiger partial charge in [0, 0.05) is 0 Å². The van der Waals surface area contributed by atoms with Crippen molar-refractivity contribution in [3.8, 4) is 0 Å². The molecular formula is C39H36Br2P2. The number of halogens is 2. The summed E-state index contributed by atoms with van der Waals surface area (Å²) in [6.07, 6.45) is 0.954. The molecule has 0 aliphatic carbocycles. The molecule has 6 aromatic carbocycles. The number of alkyl halides is 2. The molecule has 0 spiro atoms. The van der Waals surface area contributed by atoms with Gasteiger partial charge >= 0.3 is 276 Å². The van der Waals surface area contributed by atoms with Crippen molar-refractivity contribution in [1.82, 2.24) is 0 Å². The fourth-order valence-electron chi connectivity index (χ4n) is 6.83. The van der Waals surface area contributed by atoms with E-state index in [1.807, 2.05) is 0 Å². The third-order valence-corrected chi connectivity index (χ3v) is 23.4. The van der Waals surface area contributed by atoms with Crippen molar-refractivity contribution < 1.29 is 0 Å². The predicted octanol–water partition coefficient (Wildman–Crippen LogP) is 8.27. The fraction of sp³-hybridized carbons (Fsp3) is 0.0769. The van der Waals surface area contributed by atoms with Gasteiger partial charge in [-0.2, -0.15) is 0 Å². The topological polar surface area (TPSA) is 0 Å². The van der Waals surface area contributed by atoms with Crippen LogP contribution in [0.25, 0.3) is 0 Å². The first-order valence-electron chi connectivity index (χ1n) is 14.8. The van der Waals surface area contributed by atoms with Gasteiger partial charge in [0.1, 0.15) is 0 Å². The molecule has 4 heteroatoms. The first-order chi connectivity index (χ1) is 21.2. The van der Waals surface area contributed by atoms with Gasteiger partial charge in [-0.1, -0.05) is 0 Å². The Kier molecular flexibility index (Phi) is 9.71. The van der Waals surface area contributed by atoms with Crippen LogP contribution < -0.4 is 31.8 Å². The van der Waals surface area contributed by atoms with Crippen molar-refractivity contribution in [2.75, 3.05) is 0 Å². The molecule has 0 aromatic heterocycles. The van der Waals surface area contributed by atoms with E-state index < -0.39 is 14.5 Å². The van der Waals surface area contributed by atoms with Crippen molar-refractivity contribution in [3.63, 3.8) is 0 Å². The van der Waals surface area contributed by atoms with Crippen LogP contribution in [0.4, 0.5) is 0 Å². The maximum absolute atomic E-state index is 4.48. The fourth-order valence-corrected chi connectivity index (χ4v) is 23.4. The van der Waals surface area contributed by atoms with E-state index in [1.54, 1.807) is 0 Å². The van der Waals surface area contributed by atoms with Crippen molar-refractivity contribution in [1.29, 1.82) is 0 Å². The van der Waals surface area contributed by atoms with Crippen LogP contribution >= 0.6 is 46.4 Å². The molecule has 0 nitrogen and oxygen atoms in total. The van der Waals surface area contributed by atoms with E-state index >= 15 is 0 Å². The molecule has 0 aliphatic heterocycles. The molecule has 43 heavy (non-hydrogen) atoms. The molecule has 6 aromatic rings. The van der Waals surface area contributed by atoms with E-state index in [0.717, 1.165) is 6.42 Å². The van der Waals surface area contributed by atoms with Gasteiger partial charge in [0.15, 0.2) is 0 Å². The normalized spacial score (nSPS) is 14.0. The molecule has 0 N–H and O–H groups in total. The van der Waals surface area contributed by atoms with Gasteiger partial charge in [0.25, 0.3) is 0 Å². The summed E-state index contributed by atoms with van der Waals surface area (Å²) in [6, 6.07) is 67.4. The number of hydrogen-bond acceptors (Lipinski definition) is 0. The summed E-state index contributed by atoms with van der Waals surface area (Å²) < 4.78 is 0.416. The minimum atomic E-state index is -2.56. The monoisotopic (exact) mass is 724 g/mol. The average Bonchev–Trinajstić information content (AvgIpc) is 3.08. The summed E-state index contributed by atoms with van der Waals surface area (Å²) >= 11 is 8.95. The Morgan fingerprint density at radius 3 is 0.628 bits per heavy atom. The Morgan fingerprint density at radius 2 is 0.465 bits per heavy atom. The first-order valence-corrected chi connectivity index (χ1v) is 20.8. The van der Waals surface area contributed by atoms with Crippen LogP contribution in [0.2, 0.25) is 0 Å². The van der Waals surface area contributed by atoms with Crippen molar-refractivity contribution in [2.24, 2.45) is 0 Å². The number of rotatable bonds is 10. The molecule has 0 amide bonds. The first kappa shape index (κ1) is 30.2. The molecule has 0 aliphatic rings. The van der Waals surface area contributed by atoms with Gasteiger partial charge in [0.05, 0.1) is 0 Å². The molecular weight excluding hydrogens is 690 g/mol. The van der Waals surface area contributed by atoms with Gasteiger partial charge in [-0.05, 0) is 0 Å². The Balaban J connectivity index is 1.58. The SMILES string of the molecule is BrC(CC(Br)[PH](c1ccccc1)(c1ccccc1)c1ccccc1)[PH](c1ccccc1)(c1ccccc1)c1ccccc1. The van der Waals surface area contributed by atoms with Gasteiger partial charge in [-0.3, -0.25) is 0 Å². The molecule has 0 saturated carbocycles. The van der Waals surface area contributed by atoms with Crippen LogP contribution in [-0.4, -0.2) is 9.14 Å². The quantitative estimate of drug-likeness (QED) is 0.0986. The molecule has 0 heterocycles. The molecule has 0 radical (unpaired) electrons. The van der Waals surface area contributed by atoms with Gasteiger partial charge in [0.2, 0.25) is 0 Å². The standard InChI is InChI=1S/C39H36Br2P2/c40-38(42(32-19-7-1-8-20-32,33-21-9-2-10-22-33)34-23-11-3-12-24-34)31-39(41)43(35-25-13-4-14-26-35,36-27-15-5-16-28-36)37-29-17-6-18-30-37/h1-30,38-39,42-43H,31H2. The Morgan fingerprint density at radius 1 is 0.302 bits per heavy atom. The average molecular weight is 726 g/mol. The van der Waals surface area contributed by atoms with Gasteiger partial charge in [-0.15, -0.1) is 0 Å². The Hall–Kier alpha value is -2.86.